The van der Waals surface area contributed by atoms with Crippen LogP contribution in [0.5, 0.6) is 11.5 Å². The summed E-state index contributed by atoms with van der Waals surface area (Å²) < 4.78 is 13.0. The largest absolute Gasteiger partial charge is 0.454 e. The van der Waals surface area contributed by atoms with Crippen LogP contribution in [0.2, 0.25) is 0 Å². The second-order valence-electron chi connectivity index (χ2n) is 6.63. The number of nitrogens with zero attached hydrogens (tertiary/aromatic N) is 5. The topological polar surface area (TPSA) is 120 Å². The van der Waals surface area contributed by atoms with Gasteiger partial charge in [0.1, 0.15) is 6.33 Å². The van der Waals surface area contributed by atoms with Crippen LogP contribution in [0, 0.1) is 0 Å². The molecule has 1 aliphatic heterocycles. The average molecular weight is 415 g/mol. The van der Waals surface area contributed by atoms with Crippen molar-refractivity contribution >= 4 is 40.3 Å². The first-order valence-corrected chi connectivity index (χ1v) is 9.75. The summed E-state index contributed by atoms with van der Waals surface area (Å²) in [6, 6.07) is 3.89. The number of imidazole rings is 1. The Labute approximate surface area is 171 Å². The van der Waals surface area contributed by atoms with E-state index in [0.29, 0.717) is 46.7 Å². The predicted octanol–water partition coefficient (Wildman–Crippen LogP) is 1.49. The van der Waals surface area contributed by atoms with Gasteiger partial charge in [0.05, 0.1) is 5.69 Å². The Morgan fingerprint density at radius 3 is 2.79 bits per heavy atom. The molecule has 152 valence electrons. The first-order valence-electron chi connectivity index (χ1n) is 8.94. The minimum absolute atomic E-state index is 0.0940. The molecule has 0 saturated carbocycles. The zero-order valence-corrected chi connectivity index (χ0v) is 17.1. The molecule has 0 radical (unpaired) electrons. The van der Waals surface area contributed by atoms with Gasteiger partial charge in [-0.05, 0) is 11.8 Å². The molecule has 0 atom stereocenters. The number of ether oxygens (including phenoxy) is 2. The van der Waals surface area contributed by atoms with Crippen LogP contribution in [0.25, 0.3) is 11.2 Å². The molecule has 3 heterocycles. The molecule has 0 spiro atoms. The quantitative estimate of drug-likeness (QED) is 0.617. The number of anilines is 2. The third-order valence-electron chi connectivity index (χ3n) is 4.37. The SMILES string of the molecule is CC(=O)NCCn1c(Sc2cc3c(cc2N(C)C)OCO3)nc2c(N)ncnc21. The maximum Gasteiger partial charge on any atom is 0.231 e. The maximum atomic E-state index is 11.3. The van der Waals surface area contributed by atoms with Crippen molar-refractivity contribution < 1.29 is 14.3 Å². The van der Waals surface area contributed by atoms with E-state index in [-0.39, 0.29) is 12.7 Å². The number of aromatic nitrogens is 4. The minimum Gasteiger partial charge on any atom is -0.454 e. The first-order chi connectivity index (χ1) is 13.9. The van der Waals surface area contributed by atoms with Crippen molar-refractivity contribution in [2.45, 2.75) is 23.5 Å². The number of nitrogens with one attached hydrogen (secondary N) is 1. The van der Waals surface area contributed by atoms with Crippen molar-refractivity contribution in [3.8, 4) is 11.5 Å². The lowest BCUT2D eigenvalue weighted by molar-refractivity contribution is -0.118. The molecule has 1 amide bonds. The van der Waals surface area contributed by atoms with E-state index in [9.17, 15) is 4.79 Å². The molecule has 0 saturated heterocycles. The van der Waals surface area contributed by atoms with E-state index in [0.717, 1.165) is 10.6 Å². The maximum absolute atomic E-state index is 11.3. The van der Waals surface area contributed by atoms with Gasteiger partial charge in [0.15, 0.2) is 33.6 Å². The van der Waals surface area contributed by atoms with Crippen LogP contribution in [-0.2, 0) is 11.3 Å². The predicted molar refractivity (Wildman–Crippen MR) is 109 cm³/mol. The summed E-state index contributed by atoms with van der Waals surface area (Å²) in [6.45, 7) is 2.63. The molecular weight excluding hydrogens is 394 g/mol. The number of benzene rings is 1. The molecule has 1 aromatic carbocycles. The summed E-state index contributed by atoms with van der Waals surface area (Å²) in [5.74, 6) is 1.63. The minimum atomic E-state index is -0.0940. The van der Waals surface area contributed by atoms with Gasteiger partial charge in [-0.3, -0.25) is 4.79 Å². The van der Waals surface area contributed by atoms with Gasteiger partial charge < -0.3 is 30.0 Å². The molecule has 1 aliphatic rings. The zero-order valence-electron chi connectivity index (χ0n) is 16.3. The molecule has 10 nitrogen and oxygen atoms in total. The lowest BCUT2D eigenvalue weighted by Crippen LogP contribution is -2.24. The Morgan fingerprint density at radius 1 is 1.31 bits per heavy atom. The molecule has 0 bridgehead atoms. The summed E-state index contributed by atoms with van der Waals surface area (Å²) in [5, 5.41) is 3.50. The Morgan fingerprint density at radius 2 is 2.07 bits per heavy atom. The highest BCUT2D eigenvalue weighted by atomic mass is 32.2. The van der Waals surface area contributed by atoms with E-state index in [4.69, 9.17) is 15.2 Å². The van der Waals surface area contributed by atoms with E-state index >= 15 is 0 Å². The van der Waals surface area contributed by atoms with Crippen LogP contribution < -0.4 is 25.4 Å². The third-order valence-corrected chi connectivity index (χ3v) is 5.41. The summed E-state index contributed by atoms with van der Waals surface area (Å²) in [7, 11) is 3.93. The van der Waals surface area contributed by atoms with Crippen LogP contribution in [-0.4, -0.2) is 52.9 Å². The van der Waals surface area contributed by atoms with Crippen LogP contribution >= 0.6 is 11.8 Å². The lowest BCUT2D eigenvalue weighted by atomic mass is 10.2. The van der Waals surface area contributed by atoms with Gasteiger partial charge in [0, 0.05) is 51.1 Å². The van der Waals surface area contributed by atoms with Gasteiger partial charge in [-0.15, -0.1) is 0 Å². The molecule has 2 aromatic heterocycles. The normalized spacial score (nSPS) is 12.4. The van der Waals surface area contributed by atoms with E-state index in [2.05, 4.69) is 20.3 Å². The van der Waals surface area contributed by atoms with E-state index in [1.165, 1.54) is 25.0 Å². The highest BCUT2D eigenvalue weighted by Gasteiger charge is 2.22. The van der Waals surface area contributed by atoms with Gasteiger partial charge in [-0.2, -0.15) is 0 Å². The number of nitrogens with two attached hydrogens (primary N) is 1. The number of hydrogen-bond donors (Lipinski definition) is 2. The van der Waals surface area contributed by atoms with Crippen molar-refractivity contribution in [3.63, 3.8) is 0 Å². The number of rotatable bonds is 6. The first kappa shape index (κ1) is 19.1. The molecular formula is C18H21N7O3S. The molecule has 0 fully saturated rings. The second-order valence-corrected chi connectivity index (χ2v) is 7.64. The lowest BCUT2D eigenvalue weighted by Gasteiger charge is -2.18. The fourth-order valence-corrected chi connectivity index (χ4v) is 4.13. The Balaban J connectivity index is 1.76. The van der Waals surface area contributed by atoms with Crippen LogP contribution in [0.15, 0.2) is 28.5 Å². The number of hydrogen-bond acceptors (Lipinski definition) is 9. The fourth-order valence-electron chi connectivity index (χ4n) is 3.00. The van der Waals surface area contributed by atoms with E-state index in [1.807, 2.05) is 35.7 Å². The standard InChI is InChI=1S/C18H21N7O3S/c1-10(26)20-4-5-25-17-15(16(19)21-8-22-17)23-18(25)29-14-7-13-12(27-9-28-13)6-11(14)24(2)3/h6-8H,4-5,9H2,1-3H3,(H,20,26)(H2,19,21,22). The molecule has 3 aromatic rings. The number of carbonyl (C=O) groups excluding carboxylic acids is 1. The van der Waals surface area contributed by atoms with Crippen LogP contribution in [0.3, 0.4) is 0 Å². The Bertz CT molecular complexity index is 1080. The molecule has 29 heavy (non-hydrogen) atoms. The molecule has 3 N–H and O–H groups in total. The van der Waals surface area contributed by atoms with E-state index < -0.39 is 0 Å². The van der Waals surface area contributed by atoms with Gasteiger partial charge in [0.25, 0.3) is 0 Å². The van der Waals surface area contributed by atoms with Crippen molar-refractivity contribution in [1.29, 1.82) is 0 Å². The number of fused-ring (bicyclic) bond motifs is 2. The van der Waals surface area contributed by atoms with Gasteiger partial charge in [-0.1, -0.05) is 0 Å². The average Bonchev–Trinajstić information content (AvgIpc) is 3.26. The second kappa shape index (κ2) is 7.66. The van der Waals surface area contributed by atoms with E-state index in [1.54, 1.807) is 0 Å². The Hall–Kier alpha value is -3.21. The zero-order chi connectivity index (χ0) is 20.5. The summed E-state index contributed by atoms with van der Waals surface area (Å²) >= 11 is 1.47. The van der Waals surface area contributed by atoms with Crippen LogP contribution in [0.4, 0.5) is 11.5 Å². The van der Waals surface area contributed by atoms with Gasteiger partial charge in [0.2, 0.25) is 12.7 Å². The van der Waals surface area contributed by atoms with Crippen molar-refractivity contribution in [3.05, 3.63) is 18.5 Å². The van der Waals surface area contributed by atoms with Crippen molar-refractivity contribution in [2.75, 3.05) is 38.1 Å². The van der Waals surface area contributed by atoms with Gasteiger partial charge >= 0.3 is 0 Å². The summed E-state index contributed by atoms with van der Waals surface area (Å²) in [5.41, 5.74) is 8.14. The summed E-state index contributed by atoms with van der Waals surface area (Å²) in [4.78, 5) is 27.3. The van der Waals surface area contributed by atoms with Crippen molar-refractivity contribution in [2.24, 2.45) is 0 Å². The Kier molecular flexibility index (Phi) is 5.05. The smallest absolute Gasteiger partial charge is 0.231 e. The highest BCUT2D eigenvalue weighted by molar-refractivity contribution is 7.99. The number of carbonyl (C=O) groups is 1. The monoisotopic (exact) mass is 415 g/mol. The molecule has 11 heteroatoms. The van der Waals surface area contributed by atoms with Crippen molar-refractivity contribution in [1.82, 2.24) is 24.8 Å². The number of nitrogen functional groups attached to an aromatic ring is 1. The third kappa shape index (κ3) is 3.73. The summed E-state index contributed by atoms with van der Waals surface area (Å²) in [6.07, 6.45) is 1.41. The van der Waals surface area contributed by atoms with Crippen LogP contribution in [0.1, 0.15) is 6.92 Å². The van der Waals surface area contributed by atoms with Gasteiger partial charge in [-0.25, -0.2) is 15.0 Å². The highest BCUT2D eigenvalue weighted by Crippen LogP contribution is 2.44. The molecule has 4 rings (SSSR count). The molecule has 0 aliphatic carbocycles. The fraction of sp³-hybridized carbons (Fsp3) is 0.333. The molecule has 0 unspecified atom stereocenters. The number of amides is 1.